The highest BCUT2D eigenvalue weighted by atomic mass is 32.2. The van der Waals surface area contributed by atoms with Crippen molar-refractivity contribution in [1.29, 1.82) is 0 Å². The van der Waals surface area contributed by atoms with Gasteiger partial charge in [0.05, 0.1) is 17.8 Å². The lowest BCUT2D eigenvalue weighted by Gasteiger charge is -2.24. The maximum absolute atomic E-state index is 11.8. The van der Waals surface area contributed by atoms with Crippen molar-refractivity contribution in [1.82, 2.24) is 0 Å². The molecule has 1 aliphatic heterocycles. The fraction of sp³-hybridized carbons (Fsp3) is 0.909. The normalized spacial score (nSPS) is 23.3. The molecule has 3 nitrogen and oxygen atoms in total. The van der Waals surface area contributed by atoms with Gasteiger partial charge < -0.3 is 9.47 Å². The summed E-state index contributed by atoms with van der Waals surface area (Å²) in [6, 6.07) is 0. The van der Waals surface area contributed by atoms with Gasteiger partial charge in [-0.15, -0.1) is 0 Å². The number of esters is 1. The van der Waals surface area contributed by atoms with Crippen LogP contribution in [0.25, 0.3) is 0 Å². The van der Waals surface area contributed by atoms with Gasteiger partial charge in [0.15, 0.2) is 0 Å². The van der Waals surface area contributed by atoms with Crippen molar-refractivity contribution < 1.29 is 14.3 Å². The van der Waals surface area contributed by atoms with Crippen LogP contribution in [0.5, 0.6) is 0 Å². The lowest BCUT2D eigenvalue weighted by molar-refractivity contribution is -0.183. The molecule has 0 bridgehead atoms. The molecule has 1 atom stereocenters. The Balaban J connectivity index is 2.42. The van der Waals surface area contributed by atoms with Gasteiger partial charge in [0.25, 0.3) is 0 Å². The quantitative estimate of drug-likeness (QED) is 0.700. The SMILES string of the molecule is CCC(C)(C)C(=O)OC1CSCCCO1. The molecule has 0 aromatic rings. The third kappa shape index (κ3) is 4.03. The number of carbonyl (C=O) groups excluding carboxylic acids is 1. The first-order chi connectivity index (χ1) is 7.06. The molecular weight excluding hydrogens is 212 g/mol. The second-order valence-corrected chi connectivity index (χ2v) is 5.52. The van der Waals surface area contributed by atoms with Gasteiger partial charge in [-0.25, -0.2) is 0 Å². The van der Waals surface area contributed by atoms with E-state index in [1.54, 1.807) is 11.8 Å². The minimum absolute atomic E-state index is 0.155. The fourth-order valence-electron chi connectivity index (χ4n) is 1.09. The van der Waals surface area contributed by atoms with E-state index in [1.807, 2.05) is 20.8 Å². The molecule has 1 fully saturated rings. The van der Waals surface area contributed by atoms with Gasteiger partial charge in [-0.05, 0) is 32.4 Å². The van der Waals surface area contributed by atoms with Crippen molar-refractivity contribution in [2.45, 2.75) is 39.9 Å². The van der Waals surface area contributed by atoms with Gasteiger partial charge in [-0.2, -0.15) is 11.8 Å². The number of hydrogen-bond acceptors (Lipinski definition) is 4. The Hall–Kier alpha value is -0.220. The monoisotopic (exact) mass is 232 g/mol. The van der Waals surface area contributed by atoms with Crippen LogP contribution in [0.4, 0.5) is 0 Å². The summed E-state index contributed by atoms with van der Waals surface area (Å²) >= 11 is 1.78. The van der Waals surface area contributed by atoms with E-state index in [4.69, 9.17) is 9.47 Å². The molecule has 0 aromatic heterocycles. The Morgan fingerprint density at radius 3 is 3.00 bits per heavy atom. The average Bonchev–Trinajstić information content (AvgIpc) is 2.46. The number of rotatable bonds is 3. The Morgan fingerprint density at radius 2 is 2.33 bits per heavy atom. The maximum atomic E-state index is 11.8. The van der Waals surface area contributed by atoms with Gasteiger partial charge >= 0.3 is 5.97 Å². The summed E-state index contributed by atoms with van der Waals surface area (Å²) in [5.41, 5.74) is -0.402. The topological polar surface area (TPSA) is 35.5 Å². The molecule has 1 aliphatic rings. The van der Waals surface area contributed by atoms with Crippen LogP contribution < -0.4 is 0 Å². The molecule has 1 heterocycles. The van der Waals surface area contributed by atoms with Gasteiger partial charge in [0.1, 0.15) is 0 Å². The largest absolute Gasteiger partial charge is 0.434 e. The van der Waals surface area contributed by atoms with Crippen LogP contribution in [-0.4, -0.2) is 30.4 Å². The molecule has 0 spiro atoms. The zero-order valence-corrected chi connectivity index (χ0v) is 10.6. The second kappa shape index (κ2) is 5.75. The lowest BCUT2D eigenvalue weighted by Crippen LogP contribution is -2.32. The standard InChI is InChI=1S/C11H20O3S/c1-4-11(2,3)10(12)14-9-8-15-7-5-6-13-9/h9H,4-8H2,1-3H3. The highest BCUT2D eigenvalue weighted by Crippen LogP contribution is 2.24. The van der Waals surface area contributed by atoms with Gasteiger partial charge in [0.2, 0.25) is 6.29 Å². The summed E-state index contributed by atoms with van der Waals surface area (Å²) in [6.45, 7) is 6.49. The first-order valence-electron chi connectivity index (χ1n) is 5.46. The Labute approximate surface area is 95.9 Å². The molecule has 1 unspecified atom stereocenters. The van der Waals surface area contributed by atoms with E-state index in [1.165, 1.54) is 0 Å². The minimum atomic E-state index is -0.402. The van der Waals surface area contributed by atoms with Crippen molar-refractivity contribution in [2.24, 2.45) is 5.41 Å². The number of carbonyl (C=O) groups is 1. The number of ether oxygens (including phenoxy) is 2. The van der Waals surface area contributed by atoms with Crippen LogP contribution in [0.2, 0.25) is 0 Å². The van der Waals surface area contributed by atoms with Crippen LogP contribution >= 0.6 is 11.8 Å². The van der Waals surface area contributed by atoms with Crippen LogP contribution in [0, 0.1) is 5.41 Å². The van der Waals surface area contributed by atoms with E-state index in [0.717, 1.165) is 24.3 Å². The molecule has 0 aromatic carbocycles. The molecule has 1 saturated heterocycles. The summed E-state index contributed by atoms with van der Waals surface area (Å²) in [5.74, 6) is 1.69. The zero-order valence-electron chi connectivity index (χ0n) is 9.75. The first kappa shape index (κ1) is 12.8. The van der Waals surface area contributed by atoms with Crippen molar-refractivity contribution >= 4 is 17.7 Å². The summed E-state index contributed by atoms with van der Waals surface area (Å²) in [5, 5.41) is 0. The zero-order chi connectivity index (χ0) is 11.3. The van der Waals surface area contributed by atoms with Gasteiger partial charge in [-0.3, -0.25) is 4.79 Å². The molecule has 4 heteroatoms. The Morgan fingerprint density at radius 1 is 1.60 bits per heavy atom. The van der Waals surface area contributed by atoms with Crippen LogP contribution in [0.15, 0.2) is 0 Å². The van der Waals surface area contributed by atoms with Crippen LogP contribution in [0.3, 0.4) is 0 Å². The smallest absolute Gasteiger partial charge is 0.313 e. The average molecular weight is 232 g/mol. The highest BCUT2D eigenvalue weighted by molar-refractivity contribution is 7.99. The molecule has 15 heavy (non-hydrogen) atoms. The lowest BCUT2D eigenvalue weighted by atomic mass is 9.91. The van der Waals surface area contributed by atoms with E-state index < -0.39 is 5.41 Å². The van der Waals surface area contributed by atoms with Gasteiger partial charge in [-0.1, -0.05) is 6.92 Å². The highest BCUT2D eigenvalue weighted by Gasteiger charge is 2.30. The molecule has 1 rings (SSSR count). The van der Waals surface area contributed by atoms with Crippen LogP contribution in [-0.2, 0) is 14.3 Å². The van der Waals surface area contributed by atoms with Crippen molar-refractivity contribution in [3.63, 3.8) is 0 Å². The summed E-state index contributed by atoms with van der Waals surface area (Å²) in [4.78, 5) is 11.8. The van der Waals surface area contributed by atoms with E-state index >= 15 is 0 Å². The maximum Gasteiger partial charge on any atom is 0.313 e. The van der Waals surface area contributed by atoms with E-state index in [-0.39, 0.29) is 12.3 Å². The third-order valence-electron chi connectivity index (χ3n) is 2.67. The summed E-state index contributed by atoms with van der Waals surface area (Å²) < 4.78 is 10.8. The Kier molecular flexibility index (Phi) is 4.93. The fourth-order valence-corrected chi connectivity index (χ4v) is 1.94. The molecule has 0 N–H and O–H groups in total. The van der Waals surface area contributed by atoms with Gasteiger partial charge in [0, 0.05) is 0 Å². The number of hydrogen-bond donors (Lipinski definition) is 0. The molecule has 88 valence electrons. The second-order valence-electron chi connectivity index (χ2n) is 4.37. The Bertz CT molecular complexity index is 208. The van der Waals surface area contributed by atoms with Crippen molar-refractivity contribution in [3.8, 4) is 0 Å². The molecule has 0 radical (unpaired) electrons. The summed E-state index contributed by atoms with van der Waals surface area (Å²) in [6.07, 6.45) is 1.47. The molecular formula is C11H20O3S. The van der Waals surface area contributed by atoms with Crippen molar-refractivity contribution in [2.75, 3.05) is 18.1 Å². The predicted molar refractivity (Wildman–Crippen MR) is 61.8 cm³/mol. The van der Waals surface area contributed by atoms with E-state index in [0.29, 0.717) is 6.61 Å². The van der Waals surface area contributed by atoms with Crippen molar-refractivity contribution in [3.05, 3.63) is 0 Å². The molecule has 0 saturated carbocycles. The minimum Gasteiger partial charge on any atom is -0.434 e. The van der Waals surface area contributed by atoms with E-state index in [9.17, 15) is 4.79 Å². The first-order valence-corrected chi connectivity index (χ1v) is 6.62. The van der Waals surface area contributed by atoms with Crippen LogP contribution in [0.1, 0.15) is 33.6 Å². The van der Waals surface area contributed by atoms with E-state index in [2.05, 4.69) is 0 Å². The summed E-state index contributed by atoms with van der Waals surface area (Å²) in [7, 11) is 0. The molecule has 0 amide bonds. The predicted octanol–water partition coefficient (Wildman–Crippen LogP) is 2.45. The molecule has 0 aliphatic carbocycles. The third-order valence-corrected chi connectivity index (χ3v) is 3.75. The number of thioether (sulfide) groups is 1.